The van der Waals surface area contributed by atoms with Crippen molar-refractivity contribution in [2.24, 2.45) is 0 Å². The standard InChI is InChI=1S/C12H12N2O5/c1-7-4-10-8(5-9(7)14(16)17)12(15)13-2-3-18-6-11(13)19-10/h4-5,11H,2-3,6H2,1H3. The second kappa shape index (κ2) is 4.20. The molecule has 7 heteroatoms. The monoisotopic (exact) mass is 264 g/mol. The Labute approximate surface area is 108 Å². The number of amides is 1. The molecule has 1 unspecified atom stereocenters. The minimum atomic E-state index is -0.492. The van der Waals surface area contributed by atoms with Crippen molar-refractivity contribution in [3.05, 3.63) is 33.4 Å². The first-order valence-corrected chi connectivity index (χ1v) is 5.92. The van der Waals surface area contributed by atoms with Gasteiger partial charge in [-0.05, 0) is 13.0 Å². The molecule has 3 rings (SSSR count). The highest BCUT2D eigenvalue weighted by Gasteiger charge is 2.37. The normalized spacial score (nSPS) is 21.4. The summed E-state index contributed by atoms with van der Waals surface area (Å²) in [5.41, 5.74) is 0.652. The van der Waals surface area contributed by atoms with E-state index >= 15 is 0 Å². The molecule has 0 radical (unpaired) electrons. The Balaban J connectivity index is 2.07. The summed E-state index contributed by atoms with van der Waals surface area (Å²) < 4.78 is 10.9. The number of nitro groups is 1. The first-order valence-electron chi connectivity index (χ1n) is 5.92. The van der Waals surface area contributed by atoms with E-state index in [0.717, 1.165) is 0 Å². The summed E-state index contributed by atoms with van der Waals surface area (Å²) >= 11 is 0. The number of benzene rings is 1. The molecule has 1 aromatic carbocycles. The third-order valence-electron chi connectivity index (χ3n) is 3.33. The Morgan fingerprint density at radius 2 is 2.26 bits per heavy atom. The number of rotatable bonds is 1. The van der Waals surface area contributed by atoms with Gasteiger partial charge in [-0.2, -0.15) is 0 Å². The fourth-order valence-electron chi connectivity index (χ4n) is 2.34. The van der Waals surface area contributed by atoms with Crippen molar-refractivity contribution in [2.45, 2.75) is 13.2 Å². The smallest absolute Gasteiger partial charge is 0.273 e. The van der Waals surface area contributed by atoms with Crippen LogP contribution in [0.25, 0.3) is 0 Å². The number of ether oxygens (including phenoxy) is 2. The molecule has 0 saturated carbocycles. The van der Waals surface area contributed by atoms with E-state index < -0.39 is 11.2 Å². The van der Waals surface area contributed by atoms with Crippen molar-refractivity contribution < 1.29 is 19.2 Å². The first kappa shape index (κ1) is 11.9. The average molecular weight is 264 g/mol. The molecule has 1 atom stereocenters. The van der Waals surface area contributed by atoms with Crippen LogP contribution in [0.2, 0.25) is 0 Å². The summed E-state index contributed by atoms with van der Waals surface area (Å²) in [4.78, 5) is 24.3. The topological polar surface area (TPSA) is 81.9 Å². The number of nitrogens with zero attached hydrogens (tertiary/aromatic N) is 2. The average Bonchev–Trinajstić information content (AvgIpc) is 2.38. The van der Waals surface area contributed by atoms with Crippen LogP contribution in [0.15, 0.2) is 12.1 Å². The lowest BCUT2D eigenvalue weighted by Gasteiger charge is -2.39. The molecule has 2 aliphatic heterocycles. The van der Waals surface area contributed by atoms with E-state index in [1.54, 1.807) is 11.8 Å². The summed E-state index contributed by atoms with van der Waals surface area (Å²) in [6.45, 7) is 2.83. The van der Waals surface area contributed by atoms with E-state index in [0.29, 0.717) is 31.1 Å². The molecule has 7 nitrogen and oxygen atoms in total. The van der Waals surface area contributed by atoms with Crippen LogP contribution in [-0.4, -0.2) is 41.7 Å². The van der Waals surface area contributed by atoms with Crippen LogP contribution in [0.1, 0.15) is 15.9 Å². The van der Waals surface area contributed by atoms with Crippen LogP contribution in [0.4, 0.5) is 5.69 Å². The highest BCUT2D eigenvalue weighted by molar-refractivity contribution is 5.99. The summed E-state index contributed by atoms with van der Waals surface area (Å²) in [6.07, 6.45) is -0.436. The largest absolute Gasteiger partial charge is 0.467 e. The van der Waals surface area contributed by atoms with Gasteiger partial charge in [-0.1, -0.05) is 0 Å². The van der Waals surface area contributed by atoms with Crippen LogP contribution in [0.3, 0.4) is 0 Å². The summed E-state index contributed by atoms with van der Waals surface area (Å²) in [6, 6.07) is 2.83. The van der Waals surface area contributed by atoms with Gasteiger partial charge in [0.1, 0.15) is 12.4 Å². The van der Waals surface area contributed by atoms with E-state index in [2.05, 4.69) is 0 Å². The third kappa shape index (κ3) is 1.82. The van der Waals surface area contributed by atoms with Gasteiger partial charge in [-0.25, -0.2) is 0 Å². The highest BCUT2D eigenvalue weighted by atomic mass is 16.6. The van der Waals surface area contributed by atoms with Crippen LogP contribution in [0, 0.1) is 17.0 Å². The summed E-state index contributed by atoms with van der Waals surface area (Å²) in [5.74, 6) is 0.150. The molecule has 2 heterocycles. The highest BCUT2D eigenvalue weighted by Crippen LogP contribution is 2.34. The molecular formula is C12H12N2O5. The van der Waals surface area contributed by atoms with Crippen LogP contribution < -0.4 is 4.74 Å². The number of hydrogen-bond donors (Lipinski definition) is 0. The van der Waals surface area contributed by atoms with Gasteiger partial charge in [0.15, 0.2) is 6.23 Å². The fraction of sp³-hybridized carbons (Fsp3) is 0.417. The van der Waals surface area contributed by atoms with E-state index in [1.807, 2.05) is 0 Å². The Bertz CT molecular complexity index is 571. The first-order chi connectivity index (χ1) is 9.08. The summed E-state index contributed by atoms with van der Waals surface area (Å²) in [5, 5.41) is 10.9. The Kier molecular flexibility index (Phi) is 2.63. The van der Waals surface area contributed by atoms with Gasteiger partial charge in [-0.15, -0.1) is 0 Å². The maximum atomic E-state index is 12.3. The molecule has 1 fully saturated rings. The second-order valence-corrected chi connectivity index (χ2v) is 4.54. The molecule has 19 heavy (non-hydrogen) atoms. The van der Waals surface area contributed by atoms with Crippen molar-refractivity contribution in [3.63, 3.8) is 0 Å². The molecule has 0 spiro atoms. The lowest BCUT2D eigenvalue weighted by Crippen LogP contribution is -2.54. The van der Waals surface area contributed by atoms with Gasteiger partial charge in [-0.3, -0.25) is 19.8 Å². The quantitative estimate of drug-likeness (QED) is 0.560. The molecule has 100 valence electrons. The zero-order valence-corrected chi connectivity index (χ0v) is 10.3. The minimum absolute atomic E-state index is 0.0672. The molecule has 2 aliphatic rings. The van der Waals surface area contributed by atoms with Crippen molar-refractivity contribution in [1.29, 1.82) is 0 Å². The predicted molar refractivity (Wildman–Crippen MR) is 64.1 cm³/mol. The maximum Gasteiger partial charge on any atom is 0.273 e. The van der Waals surface area contributed by atoms with Gasteiger partial charge >= 0.3 is 0 Å². The van der Waals surface area contributed by atoms with Gasteiger partial charge in [0.2, 0.25) is 0 Å². The van der Waals surface area contributed by atoms with Gasteiger partial charge in [0.05, 0.1) is 17.1 Å². The second-order valence-electron chi connectivity index (χ2n) is 4.54. The lowest BCUT2D eigenvalue weighted by atomic mass is 10.1. The Hall–Kier alpha value is -2.15. The molecule has 1 amide bonds. The van der Waals surface area contributed by atoms with E-state index in [4.69, 9.17) is 9.47 Å². The van der Waals surface area contributed by atoms with Crippen LogP contribution in [-0.2, 0) is 4.74 Å². The fourth-order valence-corrected chi connectivity index (χ4v) is 2.34. The van der Waals surface area contributed by atoms with Crippen LogP contribution in [0.5, 0.6) is 5.75 Å². The number of carbonyl (C=O) groups excluding carboxylic acids is 1. The number of fused-ring (bicyclic) bond motifs is 2. The van der Waals surface area contributed by atoms with Crippen molar-refractivity contribution in [2.75, 3.05) is 19.8 Å². The molecule has 0 aromatic heterocycles. The zero-order chi connectivity index (χ0) is 13.6. The molecule has 0 bridgehead atoms. The number of carbonyl (C=O) groups is 1. The maximum absolute atomic E-state index is 12.3. The molecule has 1 saturated heterocycles. The van der Waals surface area contributed by atoms with E-state index in [9.17, 15) is 14.9 Å². The van der Waals surface area contributed by atoms with Gasteiger partial charge < -0.3 is 9.47 Å². The van der Waals surface area contributed by atoms with Crippen molar-refractivity contribution in [3.8, 4) is 5.75 Å². The van der Waals surface area contributed by atoms with E-state index in [-0.39, 0.29) is 17.2 Å². The molecule has 0 N–H and O–H groups in total. The number of nitro benzene ring substituents is 1. The third-order valence-corrected chi connectivity index (χ3v) is 3.33. The van der Waals surface area contributed by atoms with E-state index in [1.165, 1.54) is 12.1 Å². The van der Waals surface area contributed by atoms with Crippen molar-refractivity contribution in [1.82, 2.24) is 4.90 Å². The molecule has 1 aromatic rings. The zero-order valence-electron chi connectivity index (χ0n) is 10.3. The SMILES string of the molecule is Cc1cc2c(cc1[N+](=O)[O-])C(=O)N1CCOCC1O2. The molecule has 0 aliphatic carbocycles. The summed E-state index contributed by atoms with van der Waals surface area (Å²) in [7, 11) is 0. The predicted octanol–water partition coefficient (Wildman–Crippen LogP) is 1.09. The number of hydrogen-bond acceptors (Lipinski definition) is 5. The number of aryl methyl sites for hydroxylation is 1. The number of morpholine rings is 1. The van der Waals surface area contributed by atoms with Crippen LogP contribution >= 0.6 is 0 Å². The Morgan fingerprint density at radius 3 is 3.00 bits per heavy atom. The minimum Gasteiger partial charge on any atom is -0.467 e. The Morgan fingerprint density at radius 1 is 1.47 bits per heavy atom. The van der Waals surface area contributed by atoms with Gasteiger partial charge in [0, 0.05) is 18.2 Å². The van der Waals surface area contributed by atoms with Crippen molar-refractivity contribution >= 4 is 11.6 Å². The lowest BCUT2D eigenvalue weighted by molar-refractivity contribution is -0.385. The van der Waals surface area contributed by atoms with Gasteiger partial charge in [0.25, 0.3) is 11.6 Å². The molecular weight excluding hydrogens is 252 g/mol.